The number of nitrogens with one attached hydrogen (secondary N) is 1. The molecule has 2 heterocycles. The maximum absolute atomic E-state index is 13.7. The van der Waals surface area contributed by atoms with Crippen molar-refractivity contribution in [3.63, 3.8) is 0 Å². The van der Waals surface area contributed by atoms with Gasteiger partial charge in [0.2, 0.25) is 0 Å². The normalized spacial score (nSPS) is 24.0. The van der Waals surface area contributed by atoms with Gasteiger partial charge in [-0.25, -0.2) is 4.79 Å². The Hall–Kier alpha value is -2.86. The predicted octanol–water partition coefficient (Wildman–Crippen LogP) is 0.230. The number of aromatic amines is 1. The Morgan fingerprint density at radius 2 is 1.58 bits per heavy atom. The molecule has 1 aliphatic rings. The van der Waals surface area contributed by atoms with Crippen LogP contribution in [0.1, 0.15) is 26.3 Å². The van der Waals surface area contributed by atoms with Gasteiger partial charge >= 0.3 is 5.69 Å². The smallest absolute Gasteiger partial charge is 0.330 e. The third-order valence-corrected chi connectivity index (χ3v) is 13.9. The number of hydrogen-bond donors (Lipinski definition) is 4. The second-order valence-electron chi connectivity index (χ2n) is 10.7. The number of ether oxygens (including phenoxy) is 2. The first-order valence-electron chi connectivity index (χ1n) is 12.7. The van der Waals surface area contributed by atoms with Crippen LogP contribution in [-0.4, -0.2) is 71.1 Å². The van der Waals surface area contributed by atoms with Gasteiger partial charge in [0.25, 0.3) is 5.56 Å². The molecule has 0 bridgehead atoms. The summed E-state index contributed by atoms with van der Waals surface area (Å²) >= 11 is 0. The molecule has 4 rings (SSSR count). The molecule has 0 unspecified atom stereocenters. The van der Waals surface area contributed by atoms with Crippen LogP contribution in [0.3, 0.4) is 0 Å². The van der Waals surface area contributed by atoms with E-state index in [9.17, 15) is 24.9 Å². The highest BCUT2D eigenvalue weighted by Gasteiger charge is 2.73. The zero-order valence-electron chi connectivity index (χ0n) is 22.1. The van der Waals surface area contributed by atoms with Crippen molar-refractivity contribution in [2.75, 3.05) is 19.8 Å². The van der Waals surface area contributed by atoms with Crippen LogP contribution in [0.2, 0.25) is 5.04 Å². The van der Waals surface area contributed by atoms with Gasteiger partial charge in [0.15, 0.2) is 13.4 Å². The fourth-order valence-corrected chi connectivity index (χ4v) is 13.1. The molecule has 38 heavy (non-hydrogen) atoms. The Morgan fingerprint density at radius 1 is 1.03 bits per heavy atom. The average Bonchev–Trinajstić information content (AvgIpc) is 3.17. The van der Waals surface area contributed by atoms with E-state index in [-0.39, 0.29) is 18.8 Å². The third-order valence-electron chi connectivity index (χ3n) is 7.53. The summed E-state index contributed by atoms with van der Waals surface area (Å²) in [5, 5.41) is 31.1. The quantitative estimate of drug-likeness (QED) is 0.301. The molecule has 1 aliphatic heterocycles. The molecule has 1 saturated heterocycles. The van der Waals surface area contributed by atoms with E-state index in [0.717, 1.165) is 10.4 Å². The van der Waals surface area contributed by atoms with Gasteiger partial charge in [-0.2, -0.15) is 0 Å². The molecular weight excluding hydrogens is 504 g/mol. The molecule has 1 aromatic heterocycles. The minimum Gasteiger partial charge on any atom is -0.394 e. The highest BCUT2D eigenvalue weighted by atomic mass is 28.3. The number of aryl methyl sites for hydroxylation is 1. The number of aliphatic hydroxyl groups excluding tert-OH is 3. The summed E-state index contributed by atoms with van der Waals surface area (Å²) in [4.78, 5) is 28.6. The van der Waals surface area contributed by atoms with Gasteiger partial charge < -0.3 is 24.8 Å². The van der Waals surface area contributed by atoms with Crippen molar-refractivity contribution in [2.24, 2.45) is 0 Å². The zero-order chi connectivity index (χ0) is 27.7. The fourth-order valence-electron chi connectivity index (χ4n) is 6.18. The Balaban J connectivity index is 2.29. The lowest BCUT2D eigenvalue weighted by Gasteiger charge is -2.56. The van der Waals surface area contributed by atoms with Crippen molar-refractivity contribution in [1.29, 1.82) is 0 Å². The highest BCUT2D eigenvalue weighted by molar-refractivity contribution is 7.05. The maximum atomic E-state index is 13.7. The van der Waals surface area contributed by atoms with E-state index in [2.05, 4.69) is 25.8 Å². The first-order chi connectivity index (χ1) is 18.1. The molecule has 4 atom stereocenters. The van der Waals surface area contributed by atoms with Crippen molar-refractivity contribution in [3.05, 3.63) is 93.3 Å². The summed E-state index contributed by atoms with van der Waals surface area (Å²) in [5.41, 5.74) is -0.987. The minimum absolute atomic E-state index is 0.139. The minimum atomic E-state index is -3.55. The summed E-state index contributed by atoms with van der Waals surface area (Å²) in [6, 6.07) is 19.4. The van der Waals surface area contributed by atoms with Gasteiger partial charge in [-0.1, -0.05) is 81.4 Å². The maximum Gasteiger partial charge on any atom is 0.330 e. The SMILES string of the molecule is Cc1cn([C@]2([Si](c3ccccc3)(c3ccccc3)C(C)(C)C)O[C@H](CO)[C@@H](O)[C@H]2OCCO)c(=O)[nH]c1=O. The molecule has 1 fully saturated rings. The molecule has 0 radical (unpaired) electrons. The number of hydrogen-bond acceptors (Lipinski definition) is 7. The largest absolute Gasteiger partial charge is 0.394 e. The van der Waals surface area contributed by atoms with E-state index in [1.165, 1.54) is 10.8 Å². The molecule has 9 nitrogen and oxygen atoms in total. The van der Waals surface area contributed by atoms with Gasteiger partial charge in [-0.05, 0) is 22.3 Å². The van der Waals surface area contributed by atoms with E-state index < -0.39 is 54.6 Å². The second kappa shape index (κ2) is 10.7. The van der Waals surface area contributed by atoms with Crippen LogP contribution in [0.5, 0.6) is 0 Å². The lowest BCUT2D eigenvalue weighted by atomic mass is 10.1. The number of aromatic nitrogens is 2. The zero-order valence-corrected chi connectivity index (χ0v) is 23.1. The summed E-state index contributed by atoms with van der Waals surface area (Å²) in [6.07, 6.45) is -2.17. The molecule has 0 amide bonds. The van der Waals surface area contributed by atoms with E-state index in [1.54, 1.807) is 6.92 Å². The number of nitrogens with zero attached hydrogens (tertiary/aromatic N) is 1. The number of aliphatic hydroxyl groups is 3. The Morgan fingerprint density at radius 3 is 2.05 bits per heavy atom. The fraction of sp³-hybridized carbons (Fsp3) is 0.429. The molecule has 204 valence electrons. The van der Waals surface area contributed by atoms with Crippen LogP contribution < -0.4 is 21.6 Å². The van der Waals surface area contributed by atoms with Gasteiger partial charge in [-0.3, -0.25) is 14.3 Å². The summed E-state index contributed by atoms with van der Waals surface area (Å²) in [5.74, 6) is 0. The van der Waals surface area contributed by atoms with E-state index in [4.69, 9.17) is 9.47 Å². The lowest BCUT2D eigenvalue weighted by molar-refractivity contribution is -0.119. The van der Waals surface area contributed by atoms with Gasteiger partial charge in [0.1, 0.15) is 18.3 Å². The standard InChI is InChI=1S/C28H36N2O7Si/c1-19-17-30(26(35)29-25(19)34)28(24(36-16-15-31)23(33)22(18-32)37-28)38(27(2,3)4,20-11-7-5-8-12-20)21-13-9-6-10-14-21/h5-14,17,22-24,31-33H,15-16,18H2,1-4H3,(H,29,34,35)/t22-,23-,24-,28+/m1/s1. The van der Waals surface area contributed by atoms with E-state index in [1.807, 2.05) is 60.7 Å². The van der Waals surface area contributed by atoms with E-state index in [0.29, 0.717) is 0 Å². The lowest BCUT2D eigenvalue weighted by Crippen LogP contribution is -2.82. The van der Waals surface area contributed by atoms with Crippen LogP contribution in [0.25, 0.3) is 0 Å². The average molecular weight is 541 g/mol. The van der Waals surface area contributed by atoms with Crippen LogP contribution in [0.4, 0.5) is 0 Å². The highest BCUT2D eigenvalue weighted by Crippen LogP contribution is 2.52. The van der Waals surface area contributed by atoms with Crippen molar-refractivity contribution in [2.45, 2.75) is 56.4 Å². The van der Waals surface area contributed by atoms with Crippen LogP contribution in [0.15, 0.2) is 76.4 Å². The number of H-pyrrole nitrogens is 1. The molecule has 3 aromatic rings. The van der Waals surface area contributed by atoms with Gasteiger partial charge in [0.05, 0.1) is 19.8 Å². The first-order valence-corrected chi connectivity index (χ1v) is 14.7. The van der Waals surface area contributed by atoms with Crippen molar-refractivity contribution in [3.8, 4) is 0 Å². The summed E-state index contributed by atoms with van der Waals surface area (Å²) in [6.45, 7) is 6.79. The molecule has 0 aliphatic carbocycles. The van der Waals surface area contributed by atoms with Crippen LogP contribution in [0, 0.1) is 6.92 Å². The first kappa shape index (κ1) is 28.2. The van der Waals surface area contributed by atoms with E-state index >= 15 is 0 Å². The van der Waals surface area contributed by atoms with Gasteiger partial charge in [-0.15, -0.1) is 0 Å². The molecule has 0 saturated carbocycles. The van der Waals surface area contributed by atoms with Crippen molar-refractivity contribution >= 4 is 18.4 Å². The van der Waals surface area contributed by atoms with Crippen LogP contribution >= 0.6 is 0 Å². The number of benzene rings is 2. The molecule has 10 heteroatoms. The molecule has 0 spiro atoms. The van der Waals surface area contributed by atoms with Crippen LogP contribution in [-0.2, 0) is 14.8 Å². The van der Waals surface area contributed by atoms with Crippen molar-refractivity contribution < 1.29 is 24.8 Å². The summed E-state index contributed by atoms with van der Waals surface area (Å²) in [7, 11) is -3.55. The predicted molar refractivity (Wildman–Crippen MR) is 146 cm³/mol. The Bertz CT molecular complexity index is 1310. The Kier molecular flexibility index (Phi) is 7.94. The second-order valence-corrected chi connectivity index (χ2v) is 15.6. The third kappa shape index (κ3) is 4.21. The molecular formula is C28H36N2O7Si. The summed E-state index contributed by atoms with van der Waals surface area (Å²) < 4.78 is 14.3. The molecule has 4 N–H and O–H groups in total. The monoisotopic (exact) mass is 540 g/mol. The Labute approximate surface area is 222 Å². The number of rotatable bonds is 8. The van der Waals surface area contributed by atoms with Gasteiger partial charge in [0, 0.05) is 11.8 Å². The molecule has 2 aromatic carbocycles. The van der Waals surface area contributed by atoms with Crippen molar-refractivity contribution in [1.82, 2.24) is 9.55 Å². The topological polar surface area (TPSA) is 134 Å².